The summed E-state index contributed by atoms with van der Waals surface area (Å²) in [7, 11) is 0. The summed E-state index contributed by atoms with van der Waals surface area (Å²) < 4.78 is 2.21. The zero-order chi connectivity index (χ0) is 22.3. The Balaban J connectivity index is 1.21. The number of carbonyl (C=O) groups excluding carboxylic acids is 2. The Kier molecular flexibility index (Phi) is 5.86. The molecule has 4 bridgehead atoms. The van der Waals surface area contributed by atoms with Crippen LogP contribution in [0.25, 0.3) is 0 Å². The molecule has 0 unspecified atom stereocenters. The number of amides is 1. The summed E-state index contributed by atoms with van der Waals surface area (Å²) in [5.74, 6) is 4.10. The van der Waals surface area contributed by atoms with E-state index in [9.17, 15) is 9.59 Å². The lowest BCUT2D eigenvalue weighted by Gasteiger charge is -2.56. The molecule has 0 atom stereocenters. The van der Waals surface area contributed by atoms with Crippen molar-refractivity contribution in [3.8, 4) is 0 Å². The van der Waals surface area contributed by atoms with E-state index in [4.69, 9.17) is 0 Å². The summed E-state index contributed by atoms with van der Waals surface area (Å²) in [6.07, 6.45) is 9.48. The van der Waals surface area contributed by atoms with E-state index < -0.39 is 0 Å². The minimum Gasteiger partial charge on any atom is -0.325 e. The lowest BCUT2D eigenvalue weighted by Crippen LogP contribution is -2.47. The number of thioether (sulfide) groups is 1. The first-order valence-electron chi connectivity index (χ1n) is 11.9. The van der Waals surface area contributed by atoms with Crippen LogP contribution in [-0.4, -0.2) is 32.2 Å². The van der Waals surface area contributed by atoms with Crippen LogP contribution in [0.15, 0.2) is 29.4 Å². The first kappa shape index (κ1) is 21.7. The molecule has 4 aliphatic rings. The summed E-state index contributed by atoms with van der Waals surface area (Å²) in [4.78, 5) is 23.9. The Labute approximate surface area is 193 Å². The van der Waals surface area contributed by atoms with Crippen LogP contribution in [-0.2, 0) is 17.8 Å². The van der Waals surface area contributed by atoms with Gasteiger partial charge in [-0.2, -0.15) is 0 Å². The minimum absolute atomic E-state index is 0.0154. The van der Waals surface area contributed by atoms with Crippen molar-refractivity contribution in [2.75, 3.05) is 11.1 Å². The van der Waals surface area contributed by atoms with Gasteiger partial charge in [-0.25, -0.2) is 0 Å². The van der Waals surface area contributed by atoms with Gasteiger partial charge in [0.2, 0.25) is 5.91 Å². The summed E-state index contributed by atoms with van der Waals surface area (Å²) in [6.45, 7) is 4.49. The highest BCUT2D eigenvalue weighted by Gasteiger charge is 2.51. The van der Waals surface area contributed by atoms with Gasteiger partial charge in [0.25, 0.3) is 0 Å². The topological polar surface area (TPSA) is 76.9 Å². The van der Waals surface area contributed by atoms with E-state index in [0.717, 1.165) is 41.7 Å². The third-order valence-electron chi connectivity index (χ3n) is 7.72. The first-order chi connectivity index (χ1) is 15.4. The molecule has 0 radical (unpaired) electrons. The summed E-state index contributed by atoms with van der Waals surface area (Å²) in [6, 6.07) is 6.99. The number of anilines is 1. The molecule has 0 spiro atoms. The van der Waals surface area contributed by atoms with E-state index in [1.165, 1.54) is 57.2 Å². The van der Waals surface area contributed by atoms with Crippen molar-refractivity contribution in [1.82, 2.24) is 14.8 Å². The van der Waals surface area contributed by atoms with Gasteiger partial charge < -0.3 is 9.88 Å². The number of carbonyl (C=O) groups is 2. The van der Waals surface area contributed by atoms with Crippen LogP contribution in [0.2, 0.25) is 0 Å². The highest BCUT2D eigenvalue weighted by Crippen LogP contribution is 2.61. The summed E-state index contributed by atoms with van der Waals surface area (Å²) >= 11 is 1.44. The van der Waals surface area contributed by atoms with Crippen molar-refractivity contribution in [2.24, 2.45) is 23.2 Å². The van der Waals surface area contributed by atoms with Gasteiger partial charge in [-0.05, 0) is 99.8 Å². The van der Waals surface area contributed by atoms with Crippen LogP contribution in [0.1, 0.15) is 68.6 Å². The van der Waals surface area contributed by atoms with Crippen LogP contribution in [0.3, 0.4) is 0 Å². The number of nitrogens with zero attached hydrogens (tertiary/aromatic N) is 3. The predicted octanol–water partition coefficient (Wildman–Crippen LogP) is 4.99. The van der Waals surface area contributed by atoms with Gasteiger partial charge in [-0.15, -0.1) is 10.2 Å². The van der Waals surface area contributed by atoms with Crippen LogP contribution in [0, 0.1) is 23.2 Å². The number of aromatic nitrogens is 3. The van der Waals surface area contributed by atoms with E-state index in [0.29, 0.717) is 16.7 Å². The maximum Gasteiger partial charge on any atom is 0.234 e. The molecule has 4 aliphatic carbocycles. The third-order valence-corrected chi connectivity index (χ3v) is 8.68. The van der Waals surface area contributed by atoms with Gasteiger partial charge in [-0.3, -0.25) is 9.59 Å². The average Bonchev–Trinajstić information content (AvgIpc) is 3.12. The second-order valence-corrected chi connectivity index (χ2v) is 11.2. The van der Waals surface area contributed by atoms with Crippen molar-refractivity contribution in [3.05, 3.63) is 35.7 Å². The smallest absolute Gasteiger partial charge is 0.234 e. The zero-order valence-electron chi connectivity index (χ0n) is 19.0. The second kappa shape index (κ2) is 8.65. The summed E-state index contributed by atoms with van der Waals surface area (Å²) in [5, 5.41) is 12.8. The van der Waals surface area contributed by atoms with E-state index in [2.05, 4.69) is 27.0 Å². The number of Topliss-reactive ketones (excluding diaryl/α,β-unsaturated/α-hetero) is 1. The van der Waals surface area contributed by atoms with Gasteiger partial charge in [0.05, 0.1) is 5.75 Å². The maximum absolute atomic E-state index is 12.5. The molecule has 0 aliphatic heterocycles. The number of benzene rings is 1. The molecular weight excluding hydrogens is 420 g/mol. The molecule has 6 rings (SSSR count). The molecule has 7 heteroatoms. The monoisotopic (exact) mass is 452 g/mol. The van der Waals surface area contributed by atoms with E-state index in [-0.39, 0.29) is 17.4 Å². The van der Waals surface area contributed by atoms with Crippen molar-refractivity contribution < 1.29 is 9.59 Å². The van der Waals surface area contributed by atoms with Crippen LogP contribution >= 0.6 is 11.8 Å². The lowest BCUT2D eigenvalue weighted by molar-refractivity contribution is -0.113. The van der Waals surface area contributed by atoms with Crippen molar-refractivity contribution in [1.29, 1.82) is 0 Å². The Bertz CT molecular complexity index is 978. The number of ketones is 1. The molecule has 1 N–H and O–H groups in total. The largest absolute Gasteiger partial charge is 0.325 e. The Morgan fingerprint density at radius 3 is 2.25 bits per heavy atom. The molecule has 1 heterocycles. The lowest BCUT2D eigenvalue weighted by atomic mass is 9.49. The molecule has 2 aromatic rings. The Hall–Kier alpha value is -2.15. The Morgan fingerprint density at radius 2 is 1.69 bits per heavy atom. The zero-order valence-corrected chi connectivity index (χ0v) is 19.8. The molecular formula is C25H32N4O2S. The number of rotatable bonds is 8. The third kappa shape index (κ3) is 4.36. The van der Waals surface area contributed by atoms with Gasteiger partial charge in [-0.1, -0.05) is 11.8 Å². The van der Waals surface area contributed by atoms with Gasteiger partial charge in [0, 0.05) is 24.2 Å². The molecule has 4 fully saturated rings. The predicted molar refractivity (Wildman–Crippen MR) is 126 cm³/mol. The van der Waals surface area contributed by atoms with Crippen LogP contribution in [0.4, 0.5) is 5.69 Å². The first-order valence-corrected chi connectivity index (χ1v) is 12.9. The summed E-state index contributed by atoms with van der Waals surface area (Å²) in [5.41, 5.74) is 1.76. The molecule has 6 nitrogen and oxygen atoms in total. The van der Waals surface area contributed by atoms with E-state index >= 15 is 0 Å². The molecule has 170 valence electrons. The average molecular weight is 453 g/mol. The fourth-order valence-electron chi connectivity index (χ4n) is 6.83. The van der Waals surface area contributed by atoms with Crippen LogP contribution < -0.4 is 5.32 Å². The van der Waals surface area contributed by atoms with Crippen LogP contribution in [0.5, 0.6) is 0 Å². The second-order valence-electron chi connectivity index (χ2n) is 10.2. The quantitative estimate of drug-likeness (QED) is 0.451. The van der Waals surface area contributed by atoms with Crippen molar-refractivity contribution >= 4 is 29.1 Å². The van der Waals surface area contributed by atoms with E-state index in [1.807, 2.05) is 0 Å². The van der Waals surface area contributed by atoms with E-state index in [1.54, 1.807) is 24.3 Å². The van der Waals surface area contributed by atoms with Gasteiger partial charge in [0.15, 0.2) is 10.9 Å². The highest BCUT2D eigenvalue weighted by atomic mass is 32.2. The molecule has 0 saturated heterocycles. The van der Waals surface area contributed by atoms with Gasteiger partial charge in [0.1, 0.15) is 5.82 Å². The normalized spacial score (nSPS) is 28.1. The standard InChI is InChI=1S/C25H32N4O2S/c1-3-29-22(14-25-11-17-8-18(12-25)10-19(9-17)13-25)27-28-24(29)32-15-23(31)26-21-6-4-20(5-7-21)16(2)30/h4-7,17-19H,3,8-15H2,1-2H3,(H,26,31). The number of hydrogen-bond acceptors (Lipinski definition) is 5. The number of nitrogens with one attached hydrogen (secondary N) is 1. The van der Waals surface area contributed by atoms with Crippen molar-refractivity contribution in [3.63, 3.8) is 0 Å². The molecule has 4 saturated carbocycles. The fourth-order valence-corrected chi connectivity index (χ4v) is 7.65. The number of hydrogen-bond donors (Lipinski definition) is 1. The minimum atomic E-state index is -0.0844. The highest BCUT2D eigenvalue weighted by molar-refractivity contribution is 7.99. The maximum atomic E-state index is 12.5. The molecule has 32 heavy (non-hydrogen) atoms. The van der Waals surface area contributed by atoms with Crippen molar-refractivity contribution in [2.45, 2.75) is 70.5 Å². The molecule has 1 aromatic heterocycles. The fraction of sp³-hybridized carbons (Fsp3) is 0.600. The molecule has 1 aromatic carbocycles. The molecule has 1 amide bonds. The SMILES string of the molecule is CCn1c(CC23CC4CC(CC(C4)C2)C3)nnc1SCC(=O)Nc1ccc(C(C)=O)cc1. The van der Waals surface area contributed by atoms with Gasteiger partial charge >= 0.3 is 0 Å². The Morgan fingerprint density at radius 1 is 1.06 bits per heavy atom.